The zero-order valence-electron chi connectivity index (χ0n) is 12.7. The van der Waals surface area contributed by atoms with E-state index in [9.17, 15) is 4.79 Å². The molecule has 0 aliphatic carbocycles. The number of carbonyl (C=O) groups excluding carboxylic acids is 1. The third kappa shape index (κ3) is 3.50. The van der Waals surface area contributed by atoms with E-state index in [1.807, 2.05) is 43.0 Å². The molecule has 0 radical (unpaired) electrons. The van der Waals surface area contributed by atoms with Crippen LogP contribution in [0, 0.1) is 5.92 Å². The molecule has 1 amide bonds. The minimum absolute atomic E-state index is 0.0578. The van der Waals surface area contributed by atoms with Crippen LogP contribution in [-0.4, -0.2) is 29.0 Å². The molecule has 118 valence electrons. The number of benzene rings is 1. The zero-order valence-corrected chi connectivity index (χ0v) is 15.1. The Morgan fingerprint density at radius 3 is 2.68 bits per heavy atom. The van der Waals surface area contributed by atoms with Gasteiger partial charge in [0.25, 0.3) is 0 Å². The Hall–Kier alpha value is -1.40. The van der Waals surface area contributed by atoms with Crippen LogP contribution < -0.4 is 10.6 Å². The molecule has 0 saturated carbocycles. The fourth-order valence-electron chi connectivity index (χ4n) is 2.68. The molecule has 2 atom stereocenters. The molecule has 1 aliphatic rings. The zero-order chi connectivity index (χ0) is 16.3. The Balaban J connectivity index is 2.40. The van der Waals surface area contributed by atoms with Gasteiger partial charge in [0.1, 0.15) is 5.92 Å². The summed E-state index contributed by atoms with van der Waals surface area (Å²) in [5.74, 6) is -0.330. The van der Waals surface area contributed by atoms with Crippen LogP contribution in [0.25, 0.3) is 0 Å². The second-order valence-electron chi connectivity index (χ2n) is 5.14. The summed E-state index contributed by atoms with van der Waals surface area (Å²) < 4.78 is 0.968. The summed E-state index contributed by atoms with van der Waals surface area (Å²) in [5, 5.41) is 6.71. The smallest absolute Gasteiger partial charge is 0.234 e. The molecule has 4 nitrogen and oxygen atoms in total. The quantitative estimate of drug-likeness (QED) is 0.786. The average Bonchev–Trinajstić information content (AvgIpc) is 2.47. The number of nitrogens with zero attached hydrogens (tertiary/aromatic N) is 1. The third-order valence-corrected chi connectivity index (χ3v) is 4.53. The van der Waals surface area contributed by atoms with Crippen LogP contribution in [0.5, 0.6) is 0 Å². The van der Waals surface area contributed by atoms with E-state index in [-0.39, 0.29) is 17.9 Å². The lowest BCUT2D eigenvalue weighted by Gasteiger charge is -2.37. The molecule has 0 unspecified atom stereocenters. The first-order valence-corrected chi connectivity index (χ1v) is 8.48. The highest BCUT2D eigenvalue weighted by atomic mass is 79.9. The molecule has 0 spiro atoms. The SMILES string of the molecule is C=C1NC(=S)N[C@@H](c2cccc(Br)c2)[C@@H]1C(=O)N(CC)CC. The number of hydrogen-bond donors (Lipinski definition) is 2. The first-order valence-electron chi connectivity index (χ1n) is 7.28. The van der Waals surface area contributed by atoms with E-state index >= 15 is 0 Å². The van der Waals surface area contributed by atoms with E-state index in [0.717, 1.165) is 10.0 Å². The lowest BCUT2D eigenvalue weighted by atomic mass is 9.88. The van der Waals surface area contributed by atoms with Gasteiger partial charge in [-0.3, -0.25) is 4.79 Å². The monoisotopic (exact) mass is 381 g/mol. The van der Waals surface area contributed by atoms with Crippen LogP contribution in [-0.2, 0) is 4.79 Å². The molecule has 6 heteroatoms. The molecular formula is C16H20BrN3OS. The highest BCUT2D eigenvalue weighted by molar-refractivity contribution is 9.10. The molecule has 1 saturated heterocycles. The molecule has 1 fully saturated rings. The van der Waals surface area contributed by atoms with Gasteiger partial charge in [-0.1, -0.05) is 34.6 Å². The maximum atomic E-state index is 12.9. The summed E-state index contributed by atoms with van der Waals surface area (Å²) in [6.07, 6.45) is 0. The van der Waals surface area contributed by atoms with Crippen molar-refractivity contribution in [3.63, 3.8) is 0 Å². The van der Waals surface area contributed by atoms with Crippen molar-refractivity contribution in [1.29, 1.82) is 0 Å². The average molecular weight is 382 g/mol. The van der Waals surface area contributed by atoms with Gasteiger partial charge in [-0.15, -0.1) is 0 Å². The normalized spacial score (nSPS) is 21.0. The number of thiocarbonyl (C=S) groups is 1. The minimum atomic E-state index is -0.388. The Labute approximate surface area is 145 Å². The van der Waals surface area contributed by atoms with Crippen molar-refractivity contribution < 1.29 is 4.79 Å². The van der Waals surface area contributed by atoms with Crippen molar-refractivity contribution in [2.45, 2.75) is 19.9 Å². The van der Waals surface area contributed by atoms with Crippen molar-refractivity contribution >= 4 is 39.2 Å². The van der Waals surface area contributed by atoms with Crippen LogP contribution in [0.4, 0.5) is 0 Å². The van der Waals surface area contributed by atoms with Gasteiger partial charge >= 0.3 is 0 Å². The largest absolute Gasteiger partial charge is 0.354 e. The van der Waals surface area contributed by atoms with Crippen LogP contribution >= 0.6 is 28.1 Å². The Kier molecular flexibility index (Phi) is 5.58. The lowest BCUT2D eigenvalue weighted by molar-refractivity contribution is -0.135. The summed E-state index contributed by atoms with van der Waals surface area (Å²) >= 11 is 8.71. The first kappa shape index (κ1) is 17.0. The number of hydrogen-bond acceptors (Lipinski definition) is 2. The van der Waals surface area contributed by atoms with E-state index in [2.05, 4.69) is 33.1 Å². The molecule has 22 heavy (non-hydrogen) atoms. The van der Waals surface area contributed by atoms with Gasteiger partial charge in [-0.2, -0.15) is 0 Å². The van der Waals surface area contributed by atoms with Gasteiger partial charge in [0.05, 0.1) is 6.04 Å². The molecule has 1 aliphatic heterocycles. The van der Waals surface area contributed by atoms with Crippen molar-refractivity contribution in [3.05, 3.63) is 46.6 Å². The Bertz CT molecular complexity index is 601. The van der Waals surface area contributed by atoms with Crippen LogP contribution in [0.2, 0.25) is 0 Å². The second kappa shape index (κ2) is 7.24. The Morgan fingerprint density at radius 1 is 1.41 bits per heavy atom. The number of halogens is 1. The van der Waals surface area contributed by atoms with Crippen LogP contribution in [0.1, 0.15) is 25.5 Å². The summed E-state index contributed by atoms with van der Waals surface area (Å²) in [5.41, 5.74) is 1.65. The number of amides is 1. The predicted molar refractivity (Wildman–Crippen MR) is 96.3 cm³/mol. The molecule has 0 aromatic heterocycles. The summed E-state index contributed by atoms with van der Waals surface area (Å²) in [6, 6.07) is 7.69. The van der Waals surface area contributed by atoms with Crippen LogP contribution in [0.15, 0.2) is 41.0 Å². The molecule has 1 aromatic carbocycles. The molecule has 0 bridgehead atoms. The van der Waals surface area contributed by atoms with Gasteiger partial charge in [-0.25, -0.2) is 0 Å². The maximum Gasteiger partial charge on any atom is 0.234 e. The van der Waals surface area contributed by atoms with Crippen molar-refractivity contribution in [2.75, 3.05) is 13.1 Å². The fraction of sp³-hybridized carbons (Fsp3) is 0.375. The van der Waals surface area contributed by atoms with E-state index < -0.39 is 0 Å². The molecular weight excluding hydrogens is 362 g/mol. The van der Waals surface area contributed by atoms with Crippen molar-refractivity contribution in [3.8, 4) is 0 Å². The summed E-state index contributed by atoms with van der Waals surface area (Å²) in [6.45, 7) is 9.33. The molecule has 1 heterocycles. The highest BCUT2D eigenvalue weighted by Gasteiger charge is 2.38. The lowest BCUT2D eigenvalue weighted by Crippen LogP contribution is -2.53. The fourth-order valence-corrected chi connectivity index (χ4v) is 3.36. The van der Waals surface area contributed by atoms with Gasteiger partial charge in [0, 0.05) is 23.3 Å². The maximum absolute atomic E-state index is 12.9. The van der Waals surface area contributed by atoms with Crippen LogP contribution in [0.3, 0.4) is 0 Å². The Morgan fingerprint density at radius 2 is 2.09 bits per heavy atom. The first-order chi connectivity index (χ1) is 10.5. The van der Waals surface area contributed by atoms with E-state index in [0.29, 0.717) is 23.9 Å². The molecule has 2 rings (SSSR count). The second-order valence-corrected chi connectivity index (χ2v) is 6.47. The minimum Gasteiger partial charge on any atom is -0.354 e. The number of rotatable bonds is 4. The predicted octanol–water partition coefficient (Wildman–Crippen LogP) is 2.97. The number of carbonyl (C=O) groups is 1. The van der Waals surface area contributed by atoms with Crippen molar-refractivity contribution in [1.82, 2.24) is 15.5 Å². The molecule has 2 N–H and O–H groups in total. The number of nitrogens with one attached hydrogen (secondary N) is 2. The van der Waals surface area contributed by atoms with E-state index in [1.54, 1.807) is 0 Å². The van der Waals surface area contributed by atoms with Gasteiger partial charge in [0.15, 0.2) is 5.11 Å². The van der Waals surface area contributed by atoms with Gasteiger partial charge in [-0.05, 0) is 43.8 Å². The van der Waals surface area contributed by atoms with E-state index in [1.165, 1.54) is 0 Å². The van der Waals surface area contributed by atoms with Gasteiger partial charge < -0.3 is 15.5 Å². The van der Waals surface area contributed by atoms with Crippen molar-refractivity contribution in [2.24, 2.45) is 5.92 Å². The molecule has 1 aromatic rings. The summed E-state index contributed by atoms with van der Waals surface area (Å²) in [4.78, 5) is 14.7. The standard InChI is InChI=1S/C16H20BrN3OS/c1-4-20(5-2)15(21)13-10(3)18-16(22)19-14(13)11-7-6-8-12(17)9-11/h6-9,13-14H,3-5H2,1-2H3,(H2,18,19,22)/t13-,14+/m1/s1. The third-order valence-electron chi connectivity index (χ3n) is 3.82. The topological polar surface area (TPSA) is 44.4 Å². The highest BCUT2D eigenvalue weighted by Crippen LogP contribution is 2.32. The van der Waals surface area contributed by atoms with E-state index in [4.69, 9.17) is 12.2 Å². The van der Waals surface area contributed by atoms with Gasteiger partial charge in [0.2, 0.25) is 5.91 Å². The summed E-state index contributed by atoms with van der Waals surface area (Å²) in [7, 11) is 0.